The minimum Gasteiger partial charge on any atom is -0.326 e. The van der Waals surface area contributed by atoms with E-state index in [1.807, 2.05) is 0 Å². The van der Waals surface area contributed by atoms with Crippen molar-refractivity contribution in [1.82, 2.24) is 4.31 Å². The predicted molar refractivity (Wildman–Crippen MR) is 115 cm³/mol. The number of benzene rings is 2. The first-order chi connectivity index (χ1) is 14.7. The molecule has 0 radical (unpaired) electrons. The van der Waals surface area contributed by atoms with E-state index in [2.05, 4.69) is 5.32 Å². The third-order valence-corrected chi connectivity index (χ3v) is 7.40. The van der Waals surface area contributed by atoms with E-state index in [1.165, 1.54) is 35.5 Å². The number of nitrogens with one attached hydrogen (secondary N) is 1. The van der Waals surface area contributed by atoms with E-state index in [-0.39, 0.29) is 23.3 Å². The van der Waals surface area contributed by atoms with E-state index in [9.17, 15) is 22.8 Å². The molecule has 2 aromatic rings. The van der Waals surface area contributed by atoms with Crippen molar-refractivity contribution in [2.75, 3.05) is 10.2 Å². The van der Waals surface area contributed by atoms with Gasteiger partial charge in [-0.15, -0.1) is 0 Å². The number of carbonyl (C=O) groups excluding carboxylic acids is 3. The molecule has 31 heavy (non-hydrogen) atoms. The number of amides is 3. The van der Waals surface area contributed by atoms with E-state index in [0.29, 0.717) is 29.2 Å². The molecule has 0 aromatic heterocycles. The minimum atomic E-state index is -4.04. The Morgan fingerprint density at radius 1 is 1.06 bits per heavy atom. The third-order valence-electron chi connectivity index (χ3n) is 5.17. The highest BCUT2D eigenvalue weighted by atomic mass is 35.5. The molecule has 2 fully saturated rings. The fourth-order valence-electron chi connectivity index (χ4n) is 3.66. The first-order valence-electron chi connectivity index (χ1n) is 9.72. The predicted octanol–water partition coefficient (Wildman–Crippen LogP) is 2.78. The van der Waals surface area contributed by atoms with E-state index in [0.717, 1.165) is 4.90 Å². The quantitative estimate of drug-likeness (QED) is 0.666. The summed E-state index contributed by atoms with van der Waals surface area (Å²) < 4.78 is 28.0. The molecule has 1 atom stereocenters. The van der Waals surface area contributed by atoms with Crippen LogP contribution in [0.5, 0.6) is 0 Å². The zero-order valence-electron chi connectivity index (χ0n) is 16.6. The highest BCUT2D eigenvalue weighted by Gasteiger charge is 2.51. The molecule has 3 amide bonds. The molecule has 0 spiro atoms. The van der Waals surface area contributed by atoms with Crippen molar-refractivity contribution in [3.8, 4) is 0 Å². The fraction of sp³-hybridized carbons (Fsp3) is 0.286. The van der Waals surface area contributed by atoms with Gasteiger partial charge in [0.15, 0.2) is 0 Å². The second kappa shape index (κ2) is 8.07. The van der Waals surface area contributed by atoms with Crippen molar-refractivity contribution in [3.63, 3.8) is 0 Å². The maximum absolute atomic E-state index is 13.4. The smallest absolute Gasteiger partial charge is 0.252 e. The van der Waals surface area contributed by atoms with Crippen LogP contribution in [0.15, 0.2) is 53.4 Å². The maximum atomic E-state index is 13.4. The second-order valence-corrected chi connectivity index (χ2v) is 9.82. The summed E-state index contributed by atoms with van der Waals surface area (Å²) in [5, 5.41) is 3.04. The molecular weight excluding hydrogens is 442 g/mol. The number of hydrogen-bond acceptors (Lipinski definition) is 5. The Morgan fingerprint density at radius 2 is 1.68 bits per heavy atom. The molecule has 1 N–H and O–H groups in total. The lowest BCUT2D eigenvalue weighted by Crippen LogP contribution is -2.46. The number of carbonyl (C=O) groups is 3. The molecule has 1 aliphatic carbocycles. The molecule has 1 unspecified atom stereocenters. The molecule has 0 bridgehead atoms. The van der Waals surface area contributed by atoms with Crippen LogP contribution >= 0.6 is 11.6 Å². The van der Waals surface area contributed by atoms with Crippen LogP contribution in [-0.4, -0.2) is 42.5 Å². The SMILES string of the molecule is CC(=O)Nc1ccc(S(=O)(=O)N(C2CC2)C2CC(=O)N(c3ccc(Cl)cc3)C2=O)cc1. The zero-order chi connectivity index (χ0) is 22.3. The lowest BCUT2D eigenvalue weighted by molar-refractivity contribution is -0.122. The Morgan fingerprint density at radius 3 is 2.23 bits per heavy atom. The van der Waals surface area contributed by atoms with Crippen LogP contribution in [0, 0.1) is 0 Å². The highest BCUT2D eigenvalue weighted by molar-refractivity contribution is 7.89. The monoisotopic (exact) mass is 461 g/mol. The first kappa shape index (κ1) is 21.5. The van der Waals surface area contributed by atoms with Crippen molar-refractivity contribution in [2.24, 2.45) is 0 Å². The molecule has 162 valence electrons. The zero-order valence-corrected chi connectivity index (χ0v) is 18.2. The van der Waals surface area contributed by atoms with Crippen molar-refractivity contribution in [1.29, 1.82) is 0 Å². The largest absolute Gasteiger partial charge is 0.326 e. The van der Waals surface area contributed by atoms with Crippen LogP contribution in [0.25, 0.3) is 0 Å². The maximum Gasteiger partial charge on any atom is 0.252 e. The van der Waals surface area contributed by atoms with Gasteiger partial charge in [-0.25, -0.2) is 13.3 Å². The van der Waals surface area contributed by atoms with Gasteiger partial charge in [-0.05, 0) is 61.4 Å². The molecule has 8 nitrogen and oxygen atoms in total. The summed E-state index contributed by atoms with van der Waals surface area (Å²) in [6.07, 6.45) is 1.03. The van der Waals surface area contributed by atoms with Gasteiger partial charge in [0.25, 0.3) is 5.91 Å². The van der Waals surface area contributed by atoms with Gasteiger partial charge in [-0.1, -0.05) is 11.6 Å². The summed E-state index contributed by atoms with van der Waals surface area (Å²) in [6, 6.07) is 10.6. The van der Waals surface area contributed by atoms with Crippen LogP contribution in [0.4, 0.5) is 11.4 Å². The van der Waals surface area contributed by atoms with Gasteiger partial charge < -0.3 is 5.32 Å². The molecule has 10 heteroatoms. The third kappa shape index (κ3) is 4.21. The van der Waals surface area contributed by atoms with Gasteiger partial charge in [0, 0.05) is 23.7 Å². The molecule has 1 saturated heterocycles. The first-order valence-corrected chi connectivity index (χ1v) is 11.5. The Hall–Kier alpha value is -2.75. The lowest BCUT2D eigenvalue weighted by atomic mass is 10.2. The Labute approximate surface area is 184 Å². The highest BCUT2D eigenvalue weighted by Crippen LogP contribution is 2.38. The molecule has 2 aliphatic rings. The van der Waals surface area contributed by atoms with Gasteiger partial charge in [0.05, 0.1) is 17.0 Å². The minimum absolute atomic E-state index is 0.00121. The molecule has 1 saturated carbocycles. The summed E-state index contributed by atoms with van der Waals surface area (Å²) >= 11 is 5.89. The van der Waals surface area contributed by atoms with Gasteiger partial charge in [-0.2, -0.15) is 4.31 Å². The van der Waals surface area contributed by atoms with Crippen molar-refractivity contribution in [3.05, 3.63) is 53.6 Å². The summed E-state index contributed by atoms with van der Waals surface area (Å²) in [4.78, 5) is 38.0. The standard InChI is InChI=1S/C21H20ClN3O5S/c1-13(26)23-15-4-10-18(11-5-15)31(29,30)25(17-8-9-17)19-12-20(27)24(21(19)28)16-6-2-14(22)3-7-16/h2-7,10-11,17,19H,8-9,12H2,1H3,(H,23,26). The van der Waals surface area contributed by atoms with E-state index < -0.39 is 27.9 Å². The topological polar surface area (TPSA) is 104 Å². The fourth-order valence-corrected chi connectivity index (χ4v) is 5.61. The second-order valence-electron chi connectivity index (χ2n) is 7.54. The number of hydrogen-bond donors (Lipinski definition) is 1. The number of nitrogens with zero attached hydrogens (tertiary/aromatic N) is 2. The Bertz CT molecular complexity index is 1140. The number of imide groups is 1. The van der Waals surface area contributed by atoms with Crippen molar-refractivity contribution in [2.45, 2.75) is 43.2 Å². The normalized spacial score (nSPS) is 19.2. The molecular formula is C21H20ClN3O5S. The Kier molecular flexibility index (Phi) is 5.59. The van der Waals surface area contributed by atoms with Crippen LogP contribution < -0.4 is 10.2 Å². The molecule has 1 aliphatic heterocycles. The summed E-state index contributed by atoms with van der Waals surface area (Å²) in [5.41, 5.74) is 0.820. The average Bonchev–Trinajstić information content (AvgIpc) is 3.49. The van der Waals surface area contributed by atoms with Crippen molar-refractivity contribution >= 4 is 50.7 Å². The van der Waals surface area contributed by atoms with Gasteiger partial charge in [-0.3, -0.25) is 14.4 Å². The summed E-state index contributed by atoms with van der Waals surface area (Å²) in [5.74, 6) is -1.30. The Balaban J connectivity index is 1.64. The lowest BCUT2D eigenvalue weighted by Gasteiger charge is -2.26. The van der Waals surface area contributed by atoms with Crippen LogP contribution in [0.1, 0.15) is 26.2 Å². The summed E-state index contributed by atoms with van der Waals surface area (Å²) in [6.45, 7) is 1.36. The number of sulfonamides is 1. The van der Waals surface area contributed by atoms with Gasteiger partial charge in [0.2, 0.25) is 21.8 Å². The van der Waals surface area contributed by atoms with Crippen LogP contribution in [-0.2, 0) is 24.4 Å². The molecule has 4 rings (SSSR count). The van der Waals surface area contributed by atoms with Gasteiger partial charge >= 0.3 is 0 Å². The van der Waals surface area contributed by atoms with E-state index in [1.54, 1.807) is 24.3 Å². The molecule has 1 heterocycles. The van der Waals surface area contributed by atoms with E-state index in [4.69, 9.17) is 11.6 Å². The van der Waals surface area contributed by atoms with Crippen molar-refractivity contribution < 1.29 is 22.8 Å². The average molecular weight is 462 g/mol. The van der Waals surface area contributed by atoms with Crippen LogP contribution in [0.2, 0.25) is 5.02 Å². The van der Waals surface area contributed by atoms with Crippen LogP contribution in [0.3, 0.4) is 0 Å². The molecule has 2 aromatic carbocycles. The number of anilines is 2. The van der Waals surface area contributed by atoms with E-state index >= 15 is 0 Å². The number of halogens is 1. The number of rotatable bonds is 6. The summed E-state index contributed by atoms with van der Waals surface area (Å²) in [7, 11) is -4.04. The van der Waals surface area contributed by atoms with Gasteiger partial charge in [0.1, 0.15) is 6.04 Å².